The van der Waals surface area contributed by atoms with Crippen LogP contribution >= 0.6 is 0 Å². The van der Waals surface area contributed by atoms with Crippen molar-refractivity contribution in [3.8, 4) is 0 Å². The number of halogens is 1. The average molecular weight is 270 g/mol. The van der Waals surface area contributed by atoms with Crippen molar-refractivity contribution in [2.24, 2.45) is 0 Å². The van der Waals surface area contributed by atoms with E-state index in [9.17, 15) is 14.0 Å². The molecule has 1 atom stereocenters. The quantitative estimate of drug-likeness (QED) is 0.753. The Kier molecular flexibility index (Phi) is 5.25. The second-order valence-corrected chi connectivity index (χ2v) is 3.88. The molecule has 0 saturated heterocycles. The molecule has 104 valence electrons. The number of methoxy groups -OCH3 is 1. The van der Waals surface area contributed by atoms with E-state index in [2.05, 4.69) is 15.4 Å². The largest absolute Gasteiger partial charge is 0.479 e. The summed E-state index contributed by atoms with van der Waals surface area (Å²) in [6, 6.07) is 3.65. The van der Waals surface area contributed by atoms with Crippen LogP contribution in [0.25, 0.3) is 0 Å². The minimum atomic E-state index is -1.19. The minimum Gasteiger partial charge on any atom is -0.479 e. The van der Waals surface area contributed by atoms with Crippen molar-refractivity contribution < 1.29 is 23.8 Å². The SMILES string of the molecule is COC(CNC(=O)Nc1ccc(C)cc1F)C(=O)O. The van der Waals surface area contributed by atoms with E-state index in [0.717, 1.165) is 5.56 Å². The van der Waals surface area contributed by atoms with Crippen molar-refractivity contribution in [1.29, 1.82) is 0 Å². The van der Waals surface area contributed by atoms with Gasteiger partial charge in [-0.2, -0.15) is 0 Å². The van der Waals surface area contributed by atoms with Gasteiger partial charge >= 0.3 is 12.0 Å². The molecule has 0 radical (unpaired) electrons. The smallest absolute Gasteiger partial charge is 0.334 e. The normalized spacial score (nSPS) is 11.7. The van der Waals surface area contributed by atoms with Gasteiger partial charge in [-0.3, -0.25) is 0 Å². The van der Waals surface area contributed by atoms with Crippen LogP contribution in [0.5, 0.6) is 0 Å². The number of hydrogen-bond acceptors (Lipinski definition) is 3. The number of rotatable bonds is 5. The average Bonchev–Trinajstić information content (AvgIpc) is 2.33. The molecule has 1 unspecified atom stereocenters. The number of benzene rings is 1. The van der Waals surface area contributed by atoms with Crippen LogP contribution in [-0.2, 0) is 9.53 Å². The lowest BCUT2D eigenvalue weighted by Crippen LogP contribution is -2.39. The molecule has 3 N–H and O–H groups in total. The van der Waals surface area contributed by atoms with Gasteiger partial charge in [0.1, 0.15) is 5.82 Å². The second kappa shape index (κ2) is 6.69. The van der Waals surface area contributed by atoms with Gasteiger partial charge in [-0.1, -0.05) is 6.07 Å². The maximum Gasteiger partial charge on any atom is 0.334 e. The highest BCUT2D eigenvalue weighted by Gasteiger charge is 2.17. The molecule has 1 aromatic rings. The molecule has 6 nitrogen and oxygen atoms in total. The Labute approximate surface area is 109 Å². The molecule has 0 spiro atoms. The molecule has 0 aromatic heterocycles. The molecule has 19 heavy (non-hydrogen) atoms. The van der Waals surface area contributed by atoms with Gasteiger partial charge in [-0.25, -0.2) is 14.0 Å². The highest BCUT2D eigenvalue weighted by molar-refractivity contribution is 5.89. The van der Waals surface area contributed by atoms with Crippen LogP contribution in [-0.4, -0.2) is 36.9 Å². The van der Waals surface area contributed by atoms with E-state index in [0.29, 0.717) is 0 Å². The van der Waals surface area contributed by atoms with Crippen molar-refractivity contribution in [2.45, 2.75) is 13.0 Å². The lowest BCUT2D eigenvalue weighted by atomic mass is 10.2. The topological polar surface area (TPSA) is 87.7 Å². The first-order valence-corrected chi connectivity index (χ1v) is 5.50. The molecule has 0 bridgehead atoms. The predicted molar refractivity (Wildman–Crippen MR) is 66.6 cm³/mol. The molecule has 0 heterocycles. The van der Waals surface area contributed by atoms with Crippen LogP contribution in [0.4, 0.5) is 14.9 Å². The van der Waals surface area contributed by atoms with Crippen LogP contribution in [0.15, 0.2) is 18.2 Å². The molecule has 0 saturated carbocycles. The molecule has 0 aliphatic heterocycles. The number of hydrogen-bond donors (Lipinski definition) is 3. The number of carboxylic acid groups (broad SMARTS) is 1. The summed E-state index contributed by atoms with van der Waals surface area (Å²) in [7, 11) is 1.22. The fourth-order valence-electron chi connectivity index (χ4n) is 1.34. The van der Waals surface area contributed by atoms with Crippen LogP contribution in [0.1, 0.15) is 5.56 Å². The Morgan fingerprint density at radius 3 is 2.68 bits per heavy atom. The number of amides is 2. The highest BCUT2D eigenvalue weighted by Crippen LogP contribution is 2.14. The summed E-state index contributed by atoms with van der Waals surface area (Å²) in [6.45, 7) is 1.51. The van der Waals surface area contributed by atoms with Crippen LogP contribution in [0.3, 0.4) is 0 Å². The van der Waals surface area contributed by atoms with Crippen molar-refractivity contribution >= 4 is 17.7 Å². The number of anilines is 1. The van der Waals surface area contributed by atoms with Gasteiger partial charge in [0, 0.05) is 7.11 Å². The first-order chi connectivity index (χ1) is 8.93. The van der Waals surface area contributed by atoms with Crippen LogP contribution < -0.4 is 10.6 Å². The molecule has 1 rings (SSSR count). The Morgan fingerprint density at radius 2 is 2.16 bits per heavy atom. The summed E-state index contributed by atoms with van der Waals surface area (Å²) in [5.41, 5.74) is 0.751. The standard InChI is InChI=1S/C12H15FN2O4/c1-7-3-4-9(8(13)5-7)15-12(18)14-6-10(19-2)11(16)17/h3-5,10H,6H2,1-2H3,(H,16,17)(H2,14,15,18). The van der Waals surface area contributed by atoms with Gasteiger partial charge in [0.2, 0.25) is 0 Å². The number of aliphatic carboxylic acids is 1. The van der Waals surface area contributed by atoms with Gasteiger partial charge in [0.15, 0.2) is 6.10 Å². The molecule has 1 aromatic carbocycles. The zero-order chi connectivity index (χ0) is 14.4. The first kappa shape index (κ1) is 14.9. The number of ether oxygens (including phenoxy) is 1. The number of urea groups is 1. The van der Waals surface area contributed by atoms with E-state index >= 15 is 0 Å². The van der Waals surface area contributed by atoms with Gasteiger partial charge in [-0.05, 0) is 24.6 Å². The Morgan fingerprint density at radius 1 is 1.47 bits per heavy atom. The number of carbonyl (C=O) groups excluding carboxylic acids is 1. The summed E-state index contributed by atoms with van der Waals surface area (Å²) >= 11 is 0. The maximum absolute atomic E-state index is 13.4. The minimum absolute atomic E-state index is 0.0207. The number of aryl methyl sites for hydroxylation is 1. The Hall–Kier alpha value is -2.15. The molecule has 0 fully saturated rings. The highest BCUT2D eigenvalue weighted by atomic mass is 19.1. The second-order valence-electron chi connectivity index (χ2n) is 3.88. The van der Waals surface area contributed by atoms with Crippen molar-refractivity contribution in [2.75, 3.05) is 19.0 Å². The fraction of sp³-hybridized carbons (Fsp3) is 0.333. The van der Waals surface area contributed by atoms with E-state index in [1.165, 1.54) is 19.2 Å². The molecule has 7 heteroatoms. The van der Waals surface area contributed by atoms with Crippen LogP contribution in [0, 0.1) is 12.7 Å². The Bertz CT molecular complexity index is 479. The zero-order valence-corrected chi connectivity index (χ0v) is 10.6. The first-order valence-electron chi connectivity index (χ1n) is 5.50. The number of carbonyl (C=O) groups is 2. The molecule has 0 aliphatic rings. The van der Waals surface area contributed by atoms with Crippen molar-refractivity contribution in [3.63, 3.8) is 0 Å². The van der Waals surface area contributed by atoms with E-state index in [4.69, 9.17) is 5.11 Å². The lowest BCUT2D eigenvalue weighted by Gasteiger charge is -2.12. The summed E-state index contributed by atoms with van der Waals surface area (Å²) in [4.78, 5) is 22.1. The van der Waals surface area contributed by atoms with Gasteiger partial charge in [0.05, 0.1) is 12.2 Å². The molecule has 0 aliphatic carbocycles. The lowest BCUT2D eigenvalue weighted by molar-refractivity contribution is -0.147. The number of nitrogens with one attached hydrogen (secondary N) is 2. The maximum atomic E-state index is 13.4. The third-order valence-corrected chi connectivity index (χ3v) is 2.38. The van der Waals surface area contributed by atoms with Gasteiger partial charge in [0.25, 0.3) is 0 Å². The van der Waals surface area contributed by atoms with Crippen molar-refractivity contribution in [3.05, 3.63) is 29.6 Å². The van der Waals surface area contributed by atoms with Gasteiger partial charge < -0.3 is 20.5 Å². The predicted octanol–water partition coefficient (Wildman–Crippen LogP) is 1.36. The molecular formula is C12H15FN2O4. The van der Waals surface area contributed by atoms with E-state index in [1.807, 2.05) is 0 Å². The summed E-state index contributed by atoms with van der Waals surface area (Å²) in [6.07, 6.45) is -1.14. The molecular weight excluding hydrogens is 255 g/mol. The van der Waals surface area contributed by atoms with Crippen molar-refractivity contribution in [1.82, 2.24) is 5.32 Å². The third-order valence-electron chi connectivity index (χ3n) is 2.38. The van der Waals surface area contributed by atoms with E-state index < -0.39 is 23.9 Å². The molecule has 2 amide bonds. The monoisotopic (exact) mass is 270 g/mol. The summed E-state index contributed by atoms with van der Waals surface area (Å²) in [5, 5.41) is 13.3. The zero-order valence-electron chi connectivity index (χ0n) is 10.6. The summed E-state index contributed by atoms with van der Waals surface area (Å²) in [5.74, 6) is -1.75. The van der Waals surface area contributed by atoms with E-state index in [-0.39, 0.29) is 12.2 Å². The van der Waals surface area contributed by atoms with Crippen LogP contribution in [0.2, 0.25) is 0 Å². The fourth-order valence-corrected chi connectivity index (χ4v) is 1.34. The van der Waals surface area contributed by atoms with Gasteiger partial charge in [-0.15, -0.1) is 0 Å². The Balaban J connectivity index is 2.53. The third kappa shape index (κ3) is 4.55. The number of carboxylic acids is 1. The van der Waals surface area contributed by atoms with E-state index in [1.54, 1.807) is 13.0 Å². The summed E-state index contributed by atoms with van der Waals surface area (Å²) < 4.78 is 18.1.